The van der Waals surface area contributed by atoms with Gasteiger partial charge in [0.25, 0.3) is 0 Å². The van der Waals surface area contributed by atoms with E-state index in [4.69, 9.17) is 4.74 Å². The summed E-state index contributed by atoms with van der Waals surface area (Å²) in [6, 6.07) is 16.6. The van der Waals surface area contributed by atoms with Crippen LogP contribution in [0.4, 0.5) is 0 Å². The maximum Gasteiger partial charge on any atom is 0.328 e. The topological polar surface area (TPSA) is 55.4 Å². The van der Waals surface area contributed by atoms with Crippen molar-refractivity contribution in [2.24, 2.45) is 0 Å². The highest BCUT2D eigenvalue weighted by atomic mass is 16.5. The molecule has 1 amide bonds. The van der Waals surface area contributed by atoms with E-state index in [-0.39, 0.29) is 5.91 Å². The first-order valence-electron chi connectivity index (χ1n) is 7.75. The molecule has 0 spiro atoms. The van der Waals surface area contributed by atoms with Crippen molar-refractivity contribution in [2.75, 3.05) is 7.11 Å². The van der Waals surface area contributed by atoms with Gasteiger partial charge in [0.05, 0.1) is 7.11 Å². The zero-order valence-electron chi connectivity index (χ0n) is 13.9. The standard InChI is InChI=1S/C20H21NO3/c1-15-8-10-17(11-9-15)14-18(20(23)24-2)21-19(22)13-12-16-6-4-3-5-7-16/h3-13,18H,14H2,1-2H3,(H,21,22)/b13-12+. The van der Waals surface area contributed by atoms with Crippen molar-refractivity contribution in [3.63, 3.8) is 0 Å². The second-order valence-corrected chi connectivity index (χ2v) is 5.52. The zero-order chi connectivity index (χ0) is 17.4. The van der Waals surface area contributed by atoms with Gasteiger partial charge in [0, 0.05) is 12.5 Å². The molecule has 1 N–H and O–H groups in total. The molecule has 0 aromatic heterocycles. The lowest BCUT2D eigenvalue weighted by atomic mass is 10.0. The summed E-state index contributed by atoms with van der Waals surface area (Å²) in [7, 11) is 1.32. The van der Waals surface area contributed by atoms with Crippen molar-refractivity contribution < 1.29 is 14.3 Å². The fourth-order valence-corrected chi connectivity index (χ4v) is 2.25. The molecule has 2 aromatic carbocycles. The Morgan fingerprint density at radius 1 is 1.08 bits per heavy atom. The molecule has 0 fully saturated rings. The molecule has 2 aromatic rings. The van der Waals surface area contributed by atoms with Crippen molar-refractivity contribution in [2.45, 2.75) is 19.4 Å². The van der Waals surface area contributed by atoms with Crippen LogP contribution in [0.15, 0.2) is 60.7 Å². The predicted molar refractivity (Wildman–Crippen MR) is 94.3 cm³/mol. The van der Waals surface area contributed by atoms with E-state index in [0.29, 0.717) is 6.42 Å². The SMILES string of the molecule is COC(=O)C(Cc1ccc(C)cc1)NC(=O)/C=C/c1ccccc1. The number of rotatable bonds is 6. The molecule has 0 bridgehead atoms. The molecule has 0 aliphatic carbocycles. The minimum atomic E-state index is -0.717. The van der Waals surface area contributed by atoms with Crippen molar-refractivity contribution in [1.29, 1.82) is 0 Å². The molecule has 0 saturated carbocycles. The largest absolute Gasteiger partial charge is 0.467 e. The van der Waals surface area contributed by atoms with E-state index in [0.717, 1.165) is 16.7 Å². The Hall–Kier alpha value is -2.88. The van der Waals surface area contributed by atoms with Crippen LogP contribution in [0.1, 0.15) is 16.7 Å². The van der Waals surface area contributed by atoms with Gasteiger partial charge in [-0.15, -0.1) is 0 Å². The number of carbonyl (C=O) groups excluding carboxylic acids is 2. The third-order valence-corrected chi connectivity index (χ3v) is 3.59. The molecule has 0 heterocycles. The Balaban J connectivity index is 2.02. The number of esters is 1. The lowest BCUT2D eigenvalue weighted by molar-refractivity contribution is -0.144. The van der Waals surface area contributed by atoms with Gasteiger partial charge in [-0.2, -0.15) is 0 Å². The van der Waals surface area contributed by atoms with Gasteiger partial charge in [-0.3, -0.25) is 4.79 Å². The van der Waals surface area contributed by atoms with Crippen molar-refractivity contribution >= 4 is 18.0 Å². The van der Waals surface area contributed by atoms with Crippen molar-refractivity contribution in [1.82, 2.24) is 5.32 Å². The molecule has 4 nitrogen and oxygen atoms in total. The molecule has 2 rings (SSSR count). The number of ether oxygens (including phenoxy) is 1. The average Bonchev–Trinajstić information content (AvgIpc) is 2.61. The Morgan fingerprint density at radius 3 is 2.38 bits per heavy atom. The molecular weight excluding hydrogens is 302 g/mol. The number of nitrogens with one attached hydrogen (secondary N) is 1. The Labute approximate surface area is 142 Å². The molecule has 1 atom stereocenters. The van der Waals surface area contributed by atoms with Crippen LogP contribution in [0.5, 0.6) is 0 Å². The van der Waals surface area contributed by atoms with E-state index in [1.807, 2.05) is 61.5 Å². The van der Waals surface area contributed by atoms with Crippen LogP contribution in [0.25, 0.3) is 6.08 Å². The summed E-state index contributed by atoms with van der Waals surface area (Å²) < 4.78 is 4.79. The van der Waals surface area contributed by atoms with Gasteiger partial charge in [0.15, 0.2) is 0 Å². The Morgan fingerprint density at radius 2 is 1.75 bits per heavy atom. The summed E-state index contributed by atoms with van der Waals surface area (Å²) in [5, 5.41) is 2.70. The van der Waals surface area contributed by atoms with Gasteiger partial charge in [-0.05, 0) is 24.1 Å². The number of aryl methyl sites for hydroxylation is 1. The Bertz CT molecular complexity index is 705. The third kappa shape index (κ3) is 5.39. The highest BCUT2D eigenvalue weighted by Gasteiger charge is 2.21. The molecule has 0 saturated heterocycles. The number of amides is 1. The molecular formula is C20H21NO3. The second-order valence-electron chi connectivity index (χ2n) is 5.52. The first-order chi connectivity index (χ1) is 11.6. The minimum absolute atomic E-state index is 0.332. The lowest BCUT2D eigenvalue weighted by Crippen LogP contribution is -2.42. The summed E-state index contributed by atoms with van der Waals surface area (Å²) in [4.78, 5) is 24.0. The number of benzene rings is 2. The van der Waals surface area contributed by atoms with Crippen LogP contribution < -0.4 is 5.32 Å². The first-order valence-corrected chi connectivity index (χ1v) is 7.75. The van der Waals surface area contributed by atoms with E-state index < -0.39 is 12.0 Å². The third-order valence-electron chi connectivity index (χ3n) is 3.59. The van der Waals surface area contributed by atoms with Gasteiger partial charge in [0.2, 0.25) is 5.91 Å². The van der Waals surface area contributed by atoms with Gasteiger partial charge in [-0.25, -0.2) is 4.79 Å². The van der Waals surface area contributed by atoms with E-state index in [2.05, 4.69) is 5.32 Å². The van der Waals surface area contributed by atoms with E-state index >= 15 is 0 Å². The van der Waals surface area contributed by atoms with E-state index in [9.17, 15) is 9.59 Å². The normalized spacial score (nSPS) is 11.9. The molecule has 0 radical (unpaired) electrons. The zero-order valence-corrected chi connectivity index (χ0v) is 13.9. The summed E-state index contributed by atoms with van der Waals surface area (Å²) in [5.41, 5.74) is 3.02. The van der Waals surface area contributed by atoms with Crippen molar-refractivity contribution in [3.05, 3.63) is 77.4 Å². The summed E-state index contributed by atoms with van der Waals surface area (Å²) in [5.74, 6) is -0.793. The van der Waals surface area contributed by atoms with Gasteiger partial charge >= 0.3 is 5.97 Å². The van der Waals surface area contributed by atoms with Gasteiger partial charge < -0.3 is 10.1 Å². The summed E-state index contributed by atoms with van der Waals surface area (Å²) in [6.07, 6.45) is 3.51. The number of methoxy groups -OCH3 is 1. The fraction of sp³-hybridized carbons (Fsp3) is 0.200. The quantitative estimate of drug-likeness (QED) is 0.657. The monoisotopic (exact) mass is 323 g/mol. The smallest absolute Gasteiger partial charge is 0.328 e. The Kier molecular flexibility index (Phi) is 6.32. The number of carbonyl (C=O) groups is 2. The van der Waals surface area contributed by atoms with Crippen LogP contribution >= 0.6 is 0 Å². The minimum Gasteiger partial charge on any atom is -0.467 e. The molecule has 0 aliphatic rings. The van der Waals surface area contributed by atoms with E-state index in [1.54, 1.807) is 6.08 Å². The second kappa shape index (κ2) is 8.67. The van der Waals surface area contributed by atoms with Gasteiger partial charge in [-0.1, -0.05) is 60.2 Å². The van der Waals surface area contributed by atoms with Crippen LogP contribution in [0.2, 0.25) is 0 Å². The maximum atomic E-state index is 12.1. The molecule has 24 heavy (non-hydrogen) atoms. The lowest BCUT2D eigenvalue weighted by Gasteiger charge is -2.15. The maximum absolute atomic E-state index is 12.1. The summed E-state index contributed by atoms with van der Waals surface area (Å²) in [6.45, 7) is 2.00. The highest BCUT2D eigenvalue weighted by Crippen LogP contribution is 2.08. The molecule has 0 aliphatic heterocycles. The highest BCUT2D eigenvalue weighted by molar-refractivity contribution is 5.94. The molecule has 4 heteroatoms. The van der Waals surface area contributed by atoms with Crippen LogP contribution in [0.3, 0.4) is 0 Å². The number of hydrogen-bond donors (Lipinski definition) is 1. The molecule has 124 valence electrons. The fourth-order valence-electron chi connectivity index (χ4n) is 2.25. The predicted octanol–water partition coefficient (Wildman–Crippen LogP) is 2.91. The van der Waals surface area contributed by atoms with Crippen LogP contribution in [0, 0.1) is 6.92 Å². The first kappa shape index (κ1) is 17.5. The van der Waals surface area contributed by atoms with Crippen LogP contribution in [-0.2, 0) is 20.7 Å². The van der Waals surface area contributed by atoms with Gasteiger partial charge in [0.1, 0.15) is 6.04 Å². The summed E-state index contributed by atoms with van der Waals surface area (Å²) >= 11 is 0. The molecule has 1 unspecified atom stereocenters. The van der Waals surface area contributed by atoms with Crippen LogP contribution in [-0.4, -0.2) is 25.0 Å². The van der Waals surface area contributed by atoms with Crippen molar-refractivity contribution in [3.8, 4) is 0 Å². The number of hydrogen-bond acceptors (Lipinski definition) is 3. The van der Waals surface area contributed by atoms with E-state index in [1.165, 1.54) is 13.2 Å². The average molecular weight is 323 g/mol.